The number of aromatic amines is 1. The van der Waals surface area contributed by atoms with Crippen molar-refractivity contribution in [3.8, 4) is 11.3 Å². The number of hydrogen-bond acceptors (Lipinski definition) is 4. The normalized spacial score (nSPS) is 13.0. The molecule has 35 heavy (non-hydrogen) atoms. The number of rotatable bonds is 8. The Kier molecular flexibility index (Phi) is 6.47. The molecule has 2 aromatic heterocycles. The molecule has 3 heterocycles. The van der Waals surface area contributed by atoms with Gasteiger partial charge in [0, 0.05) is 44.1 Å². The molecule has 0 atom stereocenters. The zero-order valence-electron chi connectivity index (χ0n) is 19.3. The summed E-state index contributed by atoms with van der Waals surface area (Å²) in [7, 11) is 0. The van der Waals surface area contributed by atoms with Gasteiger partial charge in [0.15, 0.2) is 0 Å². The number of halogens is 1. The van der Waals surface area contributed by atoms with Gasteiger partial charge in [0.25, 0.3) is 0 Å². The van der Waals surface area contributed by atoms with Crippen molar-refractivity contribution in [2.45, 2.75) is 32.5 Å². The molecule has 0 radical (unpaired) electrons. The van der Waals surface area contributed by atoms with E-state index < -0.39 is 5.82 Å². The summed E-state index contributed by atoms with van der Waals surface area (Å²) in [4.78, 5) is 34.5. The van der Waals surface area contributed by atoms with E-state index in [9.17, 15) is 14.0 Å². The first kappa shape index (κ1) is 22.6. The Labute approximate surface area is 202 Å². The molecule has 2 N–H and O–H groups in total. The van der Waals surface area contributed by atoms with Crippen LogP contribution < -0.4 is 11.0 Å². The SMILES string of the molecule is O=C(CNc1[nH]c(=O)n(CCCn2ccnc2)c1-c1ccccc1F)N1CCc2ccccc2C1. The second kappa shape index (κ2) is 10.0. The first-order valence-corrected chi connectivity index (χ1v) is 11.7. The van der Waals surface area contributed by atoms with Crippen LogP contribution in [0.3, 0.4) is 0 Å². The van der Waals surface area contributed by atoms with Crippen molar-refractivity contribution < 1.29 is 9.18 Å². The average Bonchev–Trinajstić information content (AvgIpc) is 3.50. The van der Waals surface area contributed by atoms with Crippen molar-refractivity contribution in [3.05, 3.63) is 94.7 Å². The van der Waals surface area contributed by atoms with E-state index in [1.807, 2.05) is 29.0 Å². The lowest BCUT2D eigenvalue weighted by atomic mass is 10.00. The molecule has 0 spiro atoms. The highest BCUT2D eigenvalue weighted by Gasteiger charge is 2.23. The lowest BCUT2D eigenvalue weighted by Gasteiger charge is -2.29. The molecule has 180 valence electrons. The molecule has 9 heteroatoms. The Morgan fingerprint density at radius 2 is 1.89 bits per heavy atom. The molecule has 4 aromatic rings. The third-order valence-electron chi connectivity index (χ3n) is 6.37. The first-order valence-electron chi connectivity index (χ1n) is 11.7. The van der Waals surface area contributed by atoms with Crippen LogP contribution in [-0.4, -0.2) is 43.0 Å². The monoisotopic (exact) mass is 474 g/mol. The summed E-state index contributed by atoms with van der Waals surface area (Å²) in [6.07, 6.45) is 6.74. The highest BCUT2D eigenvalue weighted by Crippen LogP contribution is 2.28. The van der Waals surface area contributed by atoms with Crippen molar-refractivity contribution in [2.24, 2.45) is 0 Å². The van der Waals surface area contributed by atoms with E-state index in [0.717, 1.165) is 12.0 Å². The number of anilines is 1. The zero-order chi connectivity index (χ0) is 24.2. The van der Waals surface area contributed by atoms with Crippen molar-refractivity contribution in [3.63, 3.8) is 0 Å². The van der Waals surface area contributed by atoms with Crippen LogP contribution in [0.2, 0.25) is 0 Å². The van der Waals surface area contributed by atoms with E-state index in [1.165, 1.54) is 16.2 Å². The van der Waals surface area contributed by atoms with Gasteiger partial charge >= 0.3 is 5.69 Å². The number of benzene rings is 2. The van der Waals surface area contributed by atoms with Crippen molar-refractivity contribution in [1.29, 1.82) is 0 Å². The molecule has 1 amide bonds. The Morgan fingerprint density at radius 1 is 1.09 bits per heavy atom. The van der Waals surface area contributed by atoms with Crippen LogP contribution in [0.5, 0.6) is 0 Å². The fraction of sp³-hybridized carbons (Fsp3) is 0.269. The molecule has 0 saturated heterocycles. The minimum absolute atomic E-state index is 0.00138. The Bertz CT molecular complexity index is 1370. The molecule has 0 saturated carbocycles. The third kappa shape index (κ3) is 4.89. The number of aryl methyl sites for hydroxylation is 1. The maximum Gasteiger partial charge on any atom is 0.327 e. The smallest absolute Gasteiger partial charge is 0.327 e. The maximum atomic E-state index is 14.8. The predicted molar refractivity (Wildman–Crippen MR) is 131 cm³/mol. The van der Waals surface area contributed by atoms with Gasteiger partial charge in [0.1, 0.15) is 11.6 Å². The third-order valence-corrected chi connectivity index (χ3v) is 6.37. The fourth-order valence-corrected chi connectivity index (χ4v) is 4.56. The van der Waals surface area contributed by atoms with Crippen LogP contribution in [-0.2, 0) is 30.8 Å². The average molecular weight is 475 g/mol. The zero-order valence-corrected chi connectivity index (χ0v) is 19.3. The van der Waals surface area contributed by atoms with Crippen LogP contribution in [0.1, 0.15) is 17.5 Å². The second-order valence-electron chi connectivity index (χ2n) is 8.63. The van der Waals surface area contributed by atoms with Gasteiger partial charge in [-0.1, -0.05) is 36.4 Å². The van der Waals surface area contributed by atoms with Crippen LogP contribution in [0, 0.1) is 5.82 Å². The lowest BCUT2D eigenvalue weighted by Crippen LogP contribution is -2.39. The lowest BCUT2D eigenvalue weighted by molar-refractivity contribution is -0.130. The summed E-state index contributed by atoms with van der Waals surface area (Å²) in [5.74, 6) is -0.168. The fourth-order valence-electron chi connectivity index (χ4n) is 4.56. The summed E-state index contributed by atoms with van der Waals surface area (Å²) in [6.45, 7) is 2.26. The number of nitrogens with one attached hydrogen (secondary N) is 2. The molecule has 1 aliphatic heterocycles. The van der Waals surface area contributed by atoms with Gasteiger partial charge < -0.3 is 14.8 Å². The molecule has 1 aliphatic rings. The summed E-state index contributed by atoms with van der Waals surface area (Å²) < 4.78 is 18.2. The molecule has 0 aliphatic carbocycles. The number of amides is 1. The molecular weight excluding hydrogens is 447 g/mol. The molecule has 0 bridgehead atoms. The van der Waals surface area contributed by atoms with E-state index in [4.69, 9.17) is 0 Å². The first-order chi connectivity index (χ1) is 17.1. The number of nitrogens with zero attached hydrogens (tertiary/aromatic N) is 4. The van der Waals surface area contributed by atoms with E-state index in [-0.39, 0.29) is 18.1 Å². The highest BCUT2D eigenvalue weighted by atomic mass is 19.1. The largest absolute Gasteiger partial charge is 0.361 e. The van der Waals surface area contributed by atoms with E-state index >= 15 is 0 Å². The minimum atomic E-state index is -0.433. The van der Waals surface area contributed by atoms with Gasteiger partial charge in [-0.25, -0.2) is 14.2 Å². The van der Waals surface area contributed by atoms with Crippen molar-refractivity contribution >= 4 is 11.7 Å². The van der Waals surface area contributed by atoms with E-state index in [0.29, 0.717) is 49.7 Å². The molecule has 5 rings (SSSR count). The second-order valence-corrected chi connectivity index (χ2v) is 8.63. The summed E-state index contributed by atoms with van der Waals surface area (Å²) in [6, 6.07) is 14.5. The Hall–Kier alpha value is -4.14. The molecule has 0 fully saturated rings. The van der Waals surface area contributed by atoms with Crippen LogP contribution in [0.15, 0.2) is 72.0 Å². The number of H-pyrrole nitrogens is 1. The predicted octanol–water partition coefficient (Wildman–Crippen LogP) is 3.27. The summed E-state index contributed by atoms with van der Waals surface area (Å²) in [5, 5.41) is 3.08. The van der Waals surface area contributed by atoms with Crippen LogP contribution in [0.4, 0.5) is 10.2 Å². The van der Waals surface area contributed by atoms with Crippen LogP contribution >= 0.6 is 0 Å². The maximum absolute atomic E-state index is 14.8. The van der Waals surface area contributed by atoms with Crippen molar-refractivity contribution in [1.82, 2.24) is 24.0 Å². The highest BCUT2D eigenvalue weighted by molar-refractivity contribution is 5.83. The van der Waals surface area contributed by atoms with Gasteiger partial charge in [-0.15, -0.1) is 0 Å². The van der Waals surface area contributed by atoms with Gasteiger partial charge in [0.2, 0.25) is 5.91 Å². The topological polar surface area (TPSA) is 87.9 Å². The molecular formula is C26H27FN6O2. The van der Waals surface area contributed by atoms with Gasteiger partial charge in [-0.05, 0) is 36.1 Å². The Balaban J connectivity index is 1.35. The van der Waals surface area contributed by atoms with Crippen LogP contribution in [0.25, 0.3) is 11.3 Å². The number of hydrogen-bond donors (Lipinski definition) is 2. The Morgan fingerprint density at radius 3 is 2.69 bits per heavy atom. The number of fused-ring (bicyclic) bond motifs is 1. The minimum Gasteiger partial charge on any atom is -0.361 e. The molecule has 8 nitrogen and oxygen atoms in total. The standard InChI is InChI=1S/C26H27FN6O2/c27-22-9-4-3-8-21(22)24-25(30-26(35)33(24)13-5-12-31-15-11-28-18-31)29-16-23(34)32-14-10-19-6-1-2-7-20(19)17-32/h1-4,6-9,11,15,18,29H,5,10,12-14,16-17H2,(H,30,35). The van der Waals surface area contributed by atoms with E-state index in [1.54, 1.807) is 35.6 Å². The number of carbonyl (C=O) groups is 1. The number of carbonyl (C=O) groups excluding carboxylic acids is 1. The van der Waals surface area contributed by atoms with Gasteiger partial charge in [-0.3, -0.25) is 14.3 Å². The van der Waals surface area contributed by atoms with Crippen molar-refractivity contribution in [2.75, 3.05) is 18.4 Å². The number of imidazole rings is 2. The van der Waals surface area contributed by atoms with Gasteiger partial charge in [-0.2, -0.15) is 0 Å². The molecule has 0 unspecified atom stereocenters. The van der Waals surface area contributed by atoms with E-state index in [2.05, 4.69) is 21.4 Å². The summed E-state index contributed by atoms with van der Waals surface area (Å²) in [5.41, 5.74) is 2.78. The van der Waals surface area contributed by atoms with Gasteiger partial charge in [0.05, 0.1) is 18.6 Å². The number of aromatic nitrogens is 4. The summed E-state index contributed by atoms with van der Waals surface area (Å²) >= 11 is 0. The quantitative estimate of drug-likeness (QED) is 0.410. The molecule has 2 aromatic carbocycles.